The number of hydrogen-bond acceptors (Lipinski definition) is 5. The lowest BCUT2D eigenvalue weighted by molar-refractivity contribution is 0.597. The van der Waals surface area contributed by atoms with Crippen molar-refractivity contribution in [2.45, 2.75) is 53.4 Å². The van der Waals surface area contributed by atoms with Crippen LogP contribution in [0.25, 0.3) is 53.5 Å². The molecule has 6 rings (SSSR count). The van der Waals surface area contributed by atoms with Crippen LogP contribution in [0.1, 0.15) is 50.6 Å². The second-order valence-corrected chi connectivity index (χ2v) is 12.7. The van der Waals surface area contributed by atoms with Crippen LogP contribution in [-0.2, 0) is 11.8 Å². The third kappa shape index (κ3) is 3.29. The van der Waals surface area contributed by atoms with Crippen molar-refractivity contribution in [1.82, 2.24) is 9.97 Å². The van der Waals surface area contributed by atoms with Crippen molar-refractivity contribution in [1.29, 1.82) is 0 Å². The van der Waals surface area contributed by atoms with Crippen LogP contribution >= 0.6 is 22.7 Å². The van der Waals surface area contributed by atoms with E-state index < -0.39 is 0 Å². The predicted octanol–water partition coefficient (Wildman–Crippen LogP) is 9.28. The van der Waals surface area contributed by atoms with E-state index >= 15 is 0 Å². The van der Waals surface area contributed by atoms with E-state index in [4.69, 9.17) is 9.40 Å². The molecule has 6 aromatic rings. The van der Waals surface area contributed by atoms with Crippen LogP contribution in [0.3, 0.4) is 0 Å². The summed E-state index contributed by atoms with van der Waals surface area (Å²) < 4.78 is 8.96. The molecule has 0 fully saturated rings. The van der Waals surface area contributed by atoms with Crippen molar-refractivity contribution in [3.63, 3.8) is 0 Å². The van der Waals surface area contributed by atoms with E-state index in [-0.39, 0.29) is 5.41 Å². The molecule has 0 radical (unpaired) electrons. The van der Waals surface area contributed by atoms with Crippen molar-refractivity contribution in [3.8, 4) is 11.3 Å². The molecule has 5 heteroatoms. The molecular weight excluding hydrogens is 456 g/mol. The van der Waals surface area contributed by atoms with E-state index in [1.165, 1.54) is 36.2 Å². The summed E-state index contributed by atoms with van der Waals surface area (Å²) in [5.41, 5.74) is 6.36. The molecule has 2 aromatic carbocycles. The highest BCUT2D eigenvalue weighted by Crippen LogP contribution is 2.44. The van der Waals surface area contributed by atoms with Gasteiger partial charge in [-0.25, -0.2) is 9.97 Å². The molecule has 4 aromatic heterocycles. The quantitative estimate of drug-likeness (QED) is 0.251. The Hall–Kier alpha value is -2.76. The second kappa shape index (κ2) is 7.62. The highest BCUT2D eigenvalue weighted by molar-refractivity contribution is 7.19. The fraction of sp³-hybridized carbons (Fsp3) is 0.310. The van der Waals surface area contributed by atoms with Gasteiger partial charge in [-0.1, -0.05) is 34.6 Å². The number of benzene rings is 2. The fourth-order valence-corrected chi connectivity index (χ4v) is 7.58. The second-order valence-electron chi connectivity index (χ2n) is 10.7. The summed E-state index contributed by atoms with van der Waals surface area (Å²) in [4.78, 5) is 10.8. The molecule has 0 spiro atoms. The molecule has 0 amide bonds. The SMILES string of the molecule is Cc1c(CC(C)C)sc2ccc3oc4ncnc(-c5cc(C(C)(C)C)c6sccc6c5)c4c3c12. The number of aryl methyl sites for hydroxylation is 1. The summed E-state index contributed by atoms with van der Waals surface area (Å²) in [7, 11) is 0. The highest BCUT2D eigenvalue weighted by atomic mass is 32.1. The minimum absolute atomic E-state index is 0.0344. The topological polar surface area (TPSA) is 38.9 Å². The standard InChI is InChI=1S/C29H28N2OS2/c1-15(2)11-22-16(3)23-21(34-22)8-7-20-24(23)25-26(30-14-31-28(25)32-20)18-12-17-9-10-33-27(17)19(13-18)29(4,5)6/h7-10,12-15H,11H2,1-6H3. The smallest absolute Gasteiger partial charge is 0.231 e. The van der Waals surface area contributed by atoms with Gasteiger partial charge >= 0.3 is 0 Å². The monoisotopic (exact) mass is 484 g/mol. The van der Waals surface area contributed by atoms with Gasteiger partial charge in [0.15, 0.2) is 0 Å². The summed E-state index contributed by atoms with van der Waals surface area (Å²) in [5, 5.41) is 6.91. The molecule has 0 atom stereocenters. The Morgan fingerprint density at radius 1 is 1.00 bits per heavy atom. The normalized spacial score (nSPS) is 12.8. The van der Waals surface area contributed by atoms with Gasteiger partial charge in [-0.15, -0.1) is 22.7 Å². The number of furan rings is 1. The molecule has 0 saturated heterocycles. The van der Waals surface area contributed by atoms with E-state index in [0.717, 1.165) is 34.0 Å². The van der Waals surface area contributed by atoms with Crippen molar-refractivity contribution in [2.24, 2.45) is 5.92 Å². The van der Waals surface area contributed by atoms with Crippen LogP contribution in [0.15, 0.2) is 46.5 Å². The Kier molecular flexibility index (Phi) is 4.88. The van der Waals surface area contributed by atoms with Gasteiger partial charge in [0.1, 0.15) is 11.9 Å². The number of hydrogen-bond donors (Lipinski definition) is 0. The van der Waals surface area contributed by atoms with Gasteiger partial charge < -0.3 is 4.42 Å². The molecule has 172 valence electrons. The van der Waals surface area contributed by atoms with E-state index in [2.05, 4.69) is 82.2 Å². The summed E-state index contributed by atoms with van der Waals surface area (Å²) in [5.74, 6) is 0.621. The molecular formula is C29H28N2OS2. The lowest BCUT2D eigenvalue weighted by Gasteiger charge is -2.21. The predicted molar refractivity (Wildman–Crippen MR) is 147 cm³/mol. The minimum atomic E-state index is 0.0344. The Morgan fingerprint density at radius 3 is 2.59 bits per heavy atom. The summed E-state index contributed by atoms with van der Waals surface area (Å²) in [6.45, 7) is 13.7. The van der Waals surface area contributed by atoms with Gasteiger partial charge in [0.2, 0.25) is 5.71 Å². The van der Waals surface area contributed by atoms with E-state index in [9.17, 15) is 0 Å². The number of nitrogens with zero attached hydrogens (tertiary/aromatic N) is 2. The zero-order valence-corrected chi connectivity index (χ0v) is 22.1. The first-order chi connectivity index (χ1) is 16.2. The van der Waals surface area contributed by atoms with E-state index in [1.54, 1.807) is 6.33 Å². The van der Waals surface area contributed by atoms with Crippen LogP contribution in [0.2, 0.25) is 0 Å². The number of thiophene rings is 2. The van der Waals surface area contributed by atoms with E-state index in [1.807, 2.05) is 22.7 Å². The van der Waals surface area contributed by atoms with Crippen molar-refractivity contribution < 1.29 is 4.42 Å². The molecule has 0 aliphatic carbocycles. The Morgan fingerprint density at radius 2 is 1.82 bits per heavy atom. The van der Waals surface area contributed by atoms with Gasteiger partial charge in [-0.2, -0.15) is 0 Å². The van der Waals surface area contributed by atoms with Gasteiger partial charge in [0.25, 0.3) is 0 Å². The van der Waals surface area contributed by atoms with Gasteiger partial charge in [0, 0.05) is 30.6 Å². The third-order valence-corrected chi connectivity index (χ3v) is 8.89. The first-order valence-electron chi connectivity index (χ1n) is 11.8. The maximum atomic E-state index is 6.29. The molecule has 0 saturated carbocycles. The number of rotatable bonds is 3. The van der Waals surface area contributed by atoms with Crippen LogP contribution in [-0.4, -0.2) is 9.97 Å². The minimum Gasteiger partial charge on any atom is -0.438 e. The lowest BCUT2D eigenvalue weighted by atomic mass is 9.85. The summed E-state index contributed by atoms with van der Waals surface area (Å²) in [6.07, 6.45) is 2.73. The highest BCUT2D eigenvalue weighted by Gasteiger charge is 2.23. The summed E-state index contributed by atoms with van der Waals surface area (Å²) >= 11 is 3.72. The zero-order valence-electron chi connectivity index (χ0n) is 20.4. The molecule has 0 aliphatic heterocycles. The largest absolute Gasteiger partial charge is 0.438 e. The molecule has 0 unspecified atom stereocenters. The van der Waals surface area contributed by atoms with Crippen LogP contribution in [0.4, 0.5) is 0 Å². The van der Waals surface area contributed by atoms with Crippen molar-refractivity contribution >= 4 is 64.9 Å². The average molecular weight is 485 g/mol. The molecule has 0 bridgehead atoms. The maximum Gasteiger partial charge on any atom is 0.231 e. The maximum absolute atomic E-state index is 6.29. The Bertz CT molecular complexity index is 1710. The van der Waals surface area contributed by atoms with E-state index in [0.29, 0.717) is 11.6 Å². The van der Waals surface area contributed by atoms with Gasteiger partial charge in [-0.05, 0) is 76.9 Å². The van der Waals surface area contributed by atoms with Crippen LogP contribution in [0, 0.1) is 12.8 Å². The van der Waals surface area contributed by atoms with Crippen LogP contribution in [0.5, 0.6) is 0 Å². The third-order valence-electron chi connectivity index (χ3n) is 6.65. The number of aromatic nitrogens is 2. The Labute approximate surface area is 207 Å². The average Bonchev–Trinajstić information content (AvgIpc) is 3.47. The molecule has 0 aliphatic rings. The van der Waals surface area contributed by atoms with Crippen molar-refractivity contribution in [2.75, 3.05) is 0 Å². The first kappa shape index (κ1) is 21.8. The van der Waals surface area contributed by atoms with Gasteiger partial charge in [-0.3, -0.25) is 0 Å². The van der Waals surface area contributed by atoms with Gasteiger partial charge in [0.05, 0.1) is 11.1 Å². The molecule has 0 N–H and O–H groups in total. The first-order valence-corrected chi connectivity index (χ1v) is 13.5. The summed E-state index contributed by atoms with van der Waals surface area (Å²) in [6, 6.07) is 11.1. The molecule has 34 heavy (non-hydrogen) atoms. The molecule has 4 heterocycles. The van der Waals surface area contributed by atoms with Crippen molar-refractivity contribution in [3.05, 3.63) is 58.0 Å². The zero-order chi connectivity index (χ0) is 23.8. The number of fused-ring (bicyclic) bond motifs is 6. The molecule has 3 nitrogen and oxygen atoms in total. The Balaban J connectivity index is 1.72. The fourth-order valence-electron chi connectivity index (χ4n) is 5.04. The lowest BCUT2D eigenvalue weighted by Crippen LogP contribution is -2.11. The van der Waals surface area contributed by atoms with Crippen LogP contribution < -0.4 is 0 Å².